The molecule has 0 aromatic heterocycles. The zero-order chi connectivity index (χ0) is 13.9. The summed E-state index contributed by atoms with van der Waals surface area (Å²) in [6, 6.07) is 1.94. The van der Waals surface area contributed by atoms with Gasteiger partial charge in [-0.3, -0.25) is 0 Å². The molecule has 100 valence electrons. The van der Waals surface area contributed by atoms with Gasteiger partial charge in [-0.05, 0) is 19.1 Å². The number of aliphatic hydroxyl groups is 1. The smallest absolute Gasteiger partial charge is 0.416 e. The molecule has 1 unspecified atom stereocenters. The van der Waals surface area contributed by atoms with E-state index >= 15 is 0 Å². The molecule has 7 heteroatoms. The van der Waals surface area contributed by atoms with Crippen molar-refractivity contribution in [3.05, 3.63) is 29.3 Å². The third-order valence-electron chi connectivity index (χ3n) is 2.16. The molecule has 2 N–H and O–H groups in total. The Bertz CT molecular complexity index is 442. The number of aromatic hydroxyl groups is 1. The van der Waals surface area contributed by atoms with Crippen LogP contribution in [0.25, 0.3) is 0 Å². The molecule has 1 atom stereocenters. The molecular weight excluding hydrogens is 253 g/mol. The van der Waals surface area contributed by atoms with Crippen molar-refractivity contribution >= 4 is 5.97 Å². The summed E-state index contributed by atoms with van der Waals surface area (Å²) in [6.45, 7) is 1.52. The second-order valence-corrected chi connectivity index (χ2v) is 3.43. The highest BCUT2D eigenvalue weighted by molar-refractivity contribution is 5.77. The average Bonchev–Trinajstić information content (AvgIpc) is 2.27. The molecule has 1 aromatic carbocycles. The number of esters is 1. The Morgan fingerprint density at radius 1 is 1.44 bits per heavy atom. The molecule has 0 saturated carbocycles. The third-order valence-corrected chi connectivity index (χ3v) is 2.16. The monoisotopic (exact) mass is 264 g/mol. The summed E-state index contributed by atoms with van der Waals surface area (Å²) in [5.41, 5.74) is -1.40. The Balaban J connectivity index is 3.02. The predicted molar refractivity (Wildman–Crippen MR) is 54.7 cm³/mol. The first-order valence-electron chi connectivity index (χ1n) is 5.02. The number of hydrogen-bond donors (Lipinski definition) is 2. The highest BCUT2D eigenvalue weighted by atomic mass is 19.4. The maximum Gasteiger partial charge on any atom is 0.416 e. The Morgan fingerprint density at radius 3 is 2.50 bits per heavy atom. The first kappa shape index (κ1) is 14.3. The van der Waals surface area contributed by atoms with E-state index in [0.717, 1.165) is 6.07 Å². The molecule has 0 heterocycles. The largest absolute Gasteiger partial charge is 0.508 e. The van der Waals surface area contributed by atoms with Crippen LogP contribution in [0.3, 0.4) is 0 Å². The van der Waals surface area contributed by atoms with Gasteiger partial charge >= 0.3 is 12.1 Å². The predicted octanol–water partition coefficient (Wildman–Crippen LogP) is 2.01. The summed E-state index contributed by atoms with van der Waals surface area (Å²) in [4.78, 5) is 11.2. The van der Waals surface area contributed by atoms with E-state index in [1.54, 1.807) is 0 Å². The number of rotatable bonds is 3. The van der Waals surface area contributed by atoms with Gasteiger partial charge in [-0.15, -0.1) is 0 Å². The van der Waals surface area contributed by atoms with Gasteiger partial charge in [-0.2, -0.15) is 13.2 Å². The summed E-state index contributed by atoms with van der Waals surface area (Å²) < 4.78 is 41.4. The fraction of sp³-hybridized carbons (Fsp3) is 0.364. The van der Waals surface area contributed by atoms with Crippen LogP contribution in [0.15, 0.2) is 18.2 Å². The van der Waals surface area contributed by atoms with E-state index in [-0.39, 0.29) is 12.2 Å². The van der Waals surface area contributed by atoms with Crippen LogP contribution in [-0.2, 0) is 15.7 Å². The van der Waals surface area contributed by atoms with Gasteiger partial charge in [0.1, 0.15) is 5.75 Å². The Kier molecular flexibility index (Phi) is 4.18. The highest BCUT2D eigenvalue weighted by Gasteiger charge is 2.32. The third kappa shape index (κ3) is 3.13. The lowest BCUT2D eigenvalue weighted by Crippen LogP contribution is -2.16. The molecule has 0 bridgehead atoms. The van der Waals surface area contributed by atoms with Gasteiger partial charge < -0.3 is 14.9 Å². The maximum absolute atomic E-state index is 12.3. The van der Waals surface area contributed by atoms with Crippen molar-refractivity contribution in [2.45, 2.75) is 19.2 Å². The van der Waals surface area contributed by atoms with Gasteiger partial charge in [-0.25, -0.2) is 4.79 Å². The topological polar surface area (TPSA) is 66.8 Å². The van der Waals surface area contributed by atoms with E-state index in [9.17, 15) is 28.2 Å². The van der Waals surface area contributed by atoms with E-state index in [0.29, 0.717) is 12.1 Å². The molecule has 18 heavy (non-hydrogen) atoms. The van der Waals surface area contributed by atoms with Crippen LogP contribution < -0.4 is 0 Å². The van der Waals surface area contributed by atoms with Crippen LogP contribution in [0.5, 0.6) is 5.75 Å². The number of carbonyl (C=O) groups excluding carboxylic acids is 1. The van der Waals surface area contributed by atoms with Crippen molar-refractivity contribution in [2.24, 2.45) is 0 Å². The number of phenolic OH excluding ortho intramolecular Hbond substituents is 1. The number of ether oxygens (including phenoxy) is 1. The molecule has 0 radical (unpaired) electrons. The van der Waals surface area contributed by atoms with Gasteiger partial charge in [0.15, 0.2) is 6.10 Å². The van der Waals surface area contributed by atoms with Crippen molar-refractivity contribution < 1.29 is 32.9 Å². The SMILES string of the molecule is CCOC(=O)C(O)c1ccc(C(F)(F)F)cc1O. The summed E-state index contributed by atoms with van der Waals surface area (Å²) >= 11 is 0. The first-order chi connectivity index (χ1) is 8.27. The second-order valence-electron chi connectivity index (χ2n) is 3.43. The van der Waals surface area contributed by atoms with Crippen molar-refractivity contribution in [3.8, 4) is 5.75 Å². The van der Waals surface area contributed by atoms with Gasteiger partial charge in [-0.1, -0.05) is 6.07 Å². The fourth-order valence-electron chi connectivity index (χ4n) is 1.30. The van der Waals surface area contributed by atoms with E-state index in [1.807, 2.05) is 0 Å². The molecule has 0 aliphatic carbocycles. The first-order valence-corrected chi connectivity index (χ1v) is 5.02. The molecule has 0 aliphatic heterocycles. The normalized spacial score (nSPS) is 13.2. The molecule has 1 aromatic rings. The van der Waals surface area contributed by atoms with Crippen LogP contribution in [0.2, 0.25) is 0 Å². The molecule has 0 aliphatic rings. The van der Waals surface area contributed by atoms with Crippen molar-refractivity contribution in [1.82, 2.24) is 0 Å². The average molecular weight is 264 g/mol. The van der Waals surface area contributed by atoms with Gasteiger partial charge in [0.25, 0.3) is 0 Å². The zero-order valence-electron chi connectivity index (χ0n) is 9.36. The minimum Gasteiger partial charge on any atom is -0.508 e. The van der Waals surface area contributed by atoms with Crippen LogP contribution in [0.4, 0.5) is 13.2 Å². The standard InChI is InChI=1S/C11H11F3O4/c1-2-18-10(17)9(16)7-4-3-6(5-8(7)15)11(12,13)14/h3-5,9,15-16H,2H2,1H3. The number of hydrogen-bond acceptors (Lipinski definition) is 4. The van der Waals surface area contributed by atoms with E-state index in [4.69, 9.17) is 0 Å². The lowest BCUT2D eigenvalue weighted by Gasteiger charge is -2.13. The number of aliphatic hydroxyl groups excluding tert-OH is 1. The molecule has 0 amide bonds. The highest BCUT2D eigenvalue weighted by Crippen LogP contribution is 2.34. The molecule has 4 nitrogen and oxygen atoms in total. The Hall–Kier alpha value is -1.76. The Labute approximate surface area is 101 Å². The van der Waals surface area contributed by atoms with E-state index in [2.05, 4.69) is 4.74 Å². The summed E-state index contributed by atoms with van der Waals surface area (Å²) in [7, 11) is 0. The van der Waals surface area contributed by atoms with Crippen LogP contribution >= 0.6 is 0 Å². The number of benzene rings is 1. The lowest BCUT2D eigenvalue weighted by atomic mass is 10.1. The quantitative estimate of drug-likeness (QED) is 0.819. The number of halogens is 3. The van der Waals surface area contributed by atoms with Crippen LogP contribution in [-0.4, -0.2) is 22.8 Å². The minimum absolute atomic E-state index is 0.0112. The molecular formula is C11H11F3O4. The van der Waals surface area contributed by atoms with Crippen molar-refractivity contribution in [1.29, 1.82) is 0 Å². The van der Waals surface area contributed by atoms with Crippen LogP contribution in [0.1, 0.15) is 24.2 Å². The van der Waals surface area contributed by atoms with Crippen molar-refractivity contribution in [3.63, 3.8) is 0 Å². The fourth-order valence-corrected chi connectivity index (χ4v) is 1.30. The minimum atomic E-state index is -4.61. The number of carbonyl (C=O) groups is 1. The summed E-state index contributed by atoms with van der Waals surface area (Å²) in [5, 5.41) is 18.9. The lowest BCUT2D eigenvalue weighted by molar-refractivity contribution is -0.153. The van der Waals surface area contributed by atoms with Gasteiger partial charge in [0.05, 0.1) is 12.2 Å². The van der Waals surface area contributed by atoms with Crippen molar-refractivity contribution in [2.75, 3.05) is 6.61 Å². The van der Waals surface area contributed by atoms with E-state index < -0.39 is 29.6 Å². The second kappa shape index (κ2) is 5.26. The summed E-state index contributed by atoms with van der Waals surface area (Å²) in [5.74, 6) is -1.85. The molecule has 1 rings (SSSR count). The number of alkyl halides is 3. The zero-order valence-corrected chi connectivity index (χ0v) is 9.36. The van der Waals surface area contributed by atoms with E-state index in [1.165, 1.54) is 6.92 Å². The van der Waals surface area contributed by atoms with Gasteiger partial charge in [0.2, 0.25) is 0 Å². The van der Waals surface area contributed by atoms with Gasteiger partial charge in [0, 0.05) is 5.56 Å². The molecule has 0 spiro atoms. The molecule has 0 saturated heterocycles. The Morgan fingerprint density at radius 2 is 2.06 bits per heavy atom. The summed E-state index contributed by atoms with van der Waals surface area (Å²) in [6.07, 6.45) is -6.42. The maximum atomic E-state index is 12.3. The number of phenols is 1. The molecule has 0 fully saturated rings. The van der Waals surface area contributed by atoms with Crippen LogP contribution in [0, 0.1) is 0 Å².